The molecule has 7 nitrogen and oxygen atoms in total. The number of nitrogens with zero attached hydrogens (tertiary/aromatic N) is 3. The van der Waals surface area contributed by atoms with Gasteiger partial charge >= 0.3 is 5.97 Å². The second-order valence-corrected chi connectivity index (χ2v) is 11.2. The third kappa shape index (κ3) is 5.63. The van der Waals surface area contributed by atoms with Crippen LogP contribution in [-0.4, -0.2) is 39.2 Å². The minimum Gasteiger partial charge on any atom is -0.461 e. The molecule has 34 heavy (non-hydrogen) atoms. The summed E-state index contributed by atoms with van der Waals surface area (Å²) in [5.41, 5.74) is 3.59. The van der Waals surface area contributed by atoms with Gasteiger partial charge < -0.3 is 10.1 Å². The van der Waals surface area contributed by atoms with Crippen molar-refractivity contribution in [2.24, 2.45) is 5.92 Å². The summed E-state index contributed by atoms with van der Waals surface area (Å²) in [6.07, 6.45) is 1.53. The summed E-state index contributed by atoms with van der Waals surface area (Å²) < 4.78 is 5.26. The van der Waals surface area contributed by atoms with E-state index in [2.05, 4.69) is 56.8 Å². The highest BCUT2D eigenvalue weighted by Crippen LogP contribution is 2.38. The predicted molar refractivity (Wildman–Crippen MR) is 139 cm³/mol. The summed E-state index contributed by atoms with van der Waals surface area (Å²) in [6.45, 7) is 8.11. The minimum absolute atomic E-state index is 0.154. The molecular weight excluding hydrogens is 488 g/mol. The maximum atomic E-state index is 12.6. The highest BCUT2D eigenvalue weighted by molar-refractivity contribution is 8.00. The van der Waals surface area contributed by atoms with Crippen LogP contribution in [0.15, 0.2) is 41.0 Å². The van der Waals surface area contributed by atoms with Crippen LogP contribution >= 0.6 is 34.4 Å². The molecule has 0 bridgehead atoms. The number of benzene rings is 1. The average molecular weight is 513 g/mol. The Bertz CT molecular complexity index is 1330. The Morgan fingerprint density at radius 1 is 1.15 bits per heavy atom. The number of nitrogens with one attached hydrogen (secondary N) is 1. The molecule has 1 aromatic carbocycles. The van der Waals surface area contributed by atoms with Gasteiger partial charge in [0.2, 0.25) is 5.91 Å². The molecule has 0 radical (unpaired) electrons. The third-order valence-corrected chi connectivity index (χ3v) is 7.58. The monoisotopic (exact) mass is 512 g/mol. The Morgan fingerprint density at radius 2 is 1.91 bits per heavy atom. The van der Waals surface area contributed by atoms with Gasteiger partial charge in [0.1, 0.15) is 16.2 Å². The summed E-state index contributed by atoms with van der Waals surface area (Å²) in [5.74, 6) is -0.301. The van der Waals surface area contributed by atoms with E-state index in [1.165, 1.54) is 35.0 Å². The Hall–Kier alpha value is -2.82. The normalized spacial score (nSPS) is 11.2. The fourth-order valence-corrected chi connectivity index (χ4v) is 5.75. The fraction of sp³-hybridized carbons (Fsp3) is 0.292. The highest BCUT2D eigenvalue weighted by Gasteiger charge is 2.19. The van der Waals surface area contributed by atoms with Gasteiger partial charge in [0, 0.05) is 15.8 Å². The van der Waals surface area contributed by atoms with E-state index in [1.807, 2.05) is 13.8 Å². The van der Waals surface area contributed by atoms with Crippen LogP contribution in [0, 0.1) is 19.8 Å². The lowest BCUT2D eigenvalue weighted by atomic mass is 10.1. The van der Waals surface area contributed by atoms with Crippen molar-refractivity contribution >= 4 is 61.7 Å². The number of carbonyl (C=O) groups excluding carboxylic acids is 2. The molecule has 1 amide bonds. The maximum absolute atomic E-state index is 12.6. The Labute approximate surface area is 210 Å². The van der Waals surface area contributed by atoms with Crippen LogP contribution in [0.5, 0.6) is 0 Å². The molecule has 0 spiro atoms. The lowest BCUT2D eigenvalue weighted by Gasteiger charge is -2.06. The number of aromatic nitrogens is 3. The number of carbonyl (C=O) groups is 2. The van der Waals surface area contributed by atoms with Crippen molar-refractivity contribution in [3.63, 3.8) is 0 Å². The van der Waals surface area contributed by atoms with Crippen molar-refractivity contribution in [1.82, 2.24) is 15.0 Å². The molecule has 0 aliphatic carbocycles. The van der Waals surface area contributed by atoms with Gasteiger partial charge in [-0.1, -0.05) is 55.4 Å². The molecule has 0 aliphatic heterocycles. The molecule has 0 atom stereocenters. The summed E-state index contributed by atoms with van der Waals surface area (Å²) in [7, 11) is 0. The Kier molecular flexibility index (Phi) is 7.60. The third-order valence-electron chi connectivity index (χ3n) is 4.82. The van der Waals surface area contributed by atoms with E-state index in [1.54, 1.807) is 18.3 Å². The lowest BCUT2D eigenvalue weighted by molar-refractivity contribution is -0.113. The van der Waals surface area contributed by atoms with E-state index in [4.69, 9.17) is 4.74 Å². The standard InChI is InChI=1S/C24H24N4O3S3/c1-13(2)9-31-23(30)20-15(4)34-24(28-20)27-18(29)11-33-22-19-17(10-32-21(19)25-12-26-22)16-7-5-14(3)6-8-16/h5-8,10,12-13H,9,11H2,1-4H3,(H,27,28,29). The lowest BCUT2D eigenvalue weighted by Crippen LogP contribution is -2.15. The van der Waals surface area contributed by atoms with Gasteiger partial charge in [0.05, 0.1) is 17.7 Å². The van der Waals surface area contributed by atoms with E-state index < -0.39 is 5.97 Å². The molecule has 0 saturated heterocycles. The van der Waals surface area contributed by atoms with Crippen LogP contribution in [0.2, 0.25) is 0 Å². The number of fused-ring (bicyclic) bond motifs is 1. The van der Waals surface area contributed by atoms with Gasteiger partial charge in [-0.2, -0.15) is 0 Å². The molecule has 176 valence electrons. The number of hydrogen-bond donors (Lipinski definition) is 1. The molecule has 0 saturated carbocycles. The zero-order chi connectivity index (χ0) is 24.2. The number of hydrogen-bond acceptors (Lipinski definition) is 9. The molecule has 0 fully saturated rings. The second kappa shape index (κ2) is 10.6. The summed E-state index contributed by atoms with van der Waals surface area (Å²) in [5, 5.41) is 6.95. The summed E-state index contributed by atoms with van der Waals surface area (Å²) in [4.78, 5) is 39.6. The number of amides is 1. The van der Waals surface area contributed by atoms with Crippen LogP contribution in [-0.2, 0) is 9.53 Å². The summed E-state index contributed by atoms with van der Waals surface area (Å²) in [6, 6.07) is 8.32. The van der Waals surface area contributed by atoms with E-state index >= 15 is 0 Å². The van der Waals surface area contributed by atoms with E-state index in [-0.39, 0.29) is 23.3 Å². The predicted octanol–water partition coefficient (Wildman–Crippen LogP) is 5.98. The minimum atomic E-state index is -0.471. The number of thiazole rings is 1. The Morgan fingerprint density at radius 3 is 2.65 bits per heavy atom. The molecule has 4 aromatic rings. The molecule has 3 heterocycles. The Balaban J connectivity index is 1.45. The van der Waals surface area contributed by atoms with E-state index in [0.717, 1.165) is 26.4 Å². The van der Waals surface area contributed by atoms with Crippen LogP contribution in [0.25, 0.3) is 21.3 Å². The molecule has 1 N–H and O–H groups in total. The smallest absolute Gasteiger partial charge is 0.358 e. The quantitative estimate of drug-likeness (QED) is 0.176. The first-order valence-electron chi connectivity index (χ1n) is 10.7. The number of anilines is 1. The van der Waals surface area contributed by atoms with Crippen LogP contribution in [0.3, 0.4) is 0 Å². The largest absolute Gasteiger partial charge is 0.461 e. The number of thioether (sulfide) groups is 1. The second-order valence-electron chi connectivity index (χ2n) is 8.13. The van der Waals surface area contributed by atoms with Crippen molar-refractivity contribution < 1.29 is 14.3 Å². The fourth-order valence-electron chi connectivity index (χ4n) is 3.14. The van der Waals surface area contributed by atoms with Gasteiger partial charge in [-0.05, 0) is 25.3 Å². The SMILES string of the molecule is Cc1ccc(-c2csc3ncnc(SCC(=O)Nc4nc(C(=O)OCC(C)C)c(C)s4)c23)cc1. The van der Waals surface area contributed by atoms with Crippen LogP contribution < -0.4 is 5.32 Å². The molecule has 0 unspecified atom stereocenters. The van der Waals surface area contributed by atoms with Gasteiger partial charge in [-0.25, -0.2) is 19.7 Å². The number of thiophene rings is 1. The van der Waals surface area contributed by atoms with Crippen molar-refractivity contribution in [1.29, 1.82) is 0 Å². The molecule has 10 heteroatoms. The first-order valence-corrected chi connectivity index (χ1v) is 13.4. The zero-order valence-electron chi connectivity index (χ0n) is 19.2. The highest BCUT2D eigenvalue weighted by atomic mass is 32.2. The van der Waals surface area contributed by atoms with E-state index in [0.29, 0.717) is 16.6 Å². The number of ether oxygens (including phenoxy) is 1. The van der Waals surface area contributed by atoms with Gasteiger partial charge in [0.25, 0.3) is 0 Å². The number of aryl methyl sites for hydroxylation is 2. The first kappa shape index (κ1) is 24.3. The molecular formula is C24H24N4O3S3. The summed E-state index contributed by atoms with van der Waals surface area (Å²) >= 11 is 4.17. The van der Waals surface area contributed by atoms with Gasteiger partial charge in [-0.15, -0.1) is 22.7 Å². The first-order chi connectivity index (χ1) is 16.3. The molecule has 0 aliphatic rings. The van der Waals surface area contributed by atoms with Crippen molar-refractivity contribution in [3.8, 4) is 11.1 Å². The average Bonchev–Trinajstić information content (AvgIpc) is 3.40. The number of esters is 1. The maximum Gasteiger partial charge on any atom is 0.358 e. The van der Waals surface area contributed by atoms with Gasteiger partial charge in [0.15, 0.2) is 10.8 Å². The van der Waals surface area contributed by atoms with Crippen LogP contribution in [0.1, 0.15) is 34.8 Å². The van der Waals surface area contributed by atoms with E-state index in [9.17, 15) is 9.59 Å². The topological polar surface area (TPSA) is 94.1 Å². The van der Waals surface area contributed by atoms with Gasteiger partial charge in [-0.3, -0.25) is 4.79 Å². The van der Waals surface area contributed by atoms with Crippen molar-refractivity contribution in [2.45, 2.75) is 32.7 Å². The molecule has 3 aromatic heterocycles. The van der Waals surface area contributed by atoms with Crippen molar-refractivity contribution in [3.05, 3.63) is 52.1 Å². The van der Waals surface area contributed by atoms with Crippen LogP contribution in [0.4, 0.5) is 5.13 Å². The van der Waals surface area contributed by atoms with Crippen molar-refractivity contribution in [2.75, 3.05) is 17.7 Å². The molecule has 4 rings (SSSR count). The number of rotatable bonds is 8. The zero-order valence-corrected chi connectivity index (χ0v) is 21.7.